The molecule has 3 heterocycles. The second-order valence-corrected chi connectivity index (χ2v) is 8.61. The van der Waals surface area contributed by atoms with Crippen LogP contribution in [0.15, 0.2) is 65.4 Å². The van der Waals surface area contributed by atoms with E-state index < -0.39 is 6.10 Å². The van der Waals surface area contributed by atoms with Crippen LogP contribution >= 0.6 is 34.0 Å². The van der Waals surface area contributed by atoms with Gasteiger partial charge in [0.05, 0.1) is 9.75 Å². The van der Waals surface area contributed by atoms with Gasteiger partial charge in [0.1, 0.15) is 11.4 Å². The van der Waals surface area contributed by atoms with E-state index >= 15 is 0 Å². The molecule has 3 aromatic heterocycles. The van der Waals surface area contributed by atoms with E-state index in [1.165, 1.54) is 11.3 Å². The Balaban J connectivity index is 1.55. The monoisotopic (exact) mass is 412 g/mol. The van der Waals surface area contributed by atoms with Gasteiger partial charge in [0, 0.05) is 4.88 Å². The van der Waals surface area contributed by atoms with Crippen LogP contribution in [0, 0.1) is 0 Å². The average molecular weight is 413 g/mol. The van der Waals surface area contributed by atoms with E-state index in [1.54, 1.807) is 29.6 Å². The third-order valence-corrected chi connectivity index (χ3v) is 6.68. The summed E-state index contributed by atoms with van der Waals surface area (Å²) in [5, 5.41) is 7.55. The molecule has 1 N–H and O–H groups in total. The first-order valence-electron chi connectivity index (χ1n) is 8.32. The number of ether oxygens (including phenoxy) is 1. The largest absolute Gasteiger partial charge is 0.481 e. The molecule has 0 radical (unpaired) electrons. The highest BCUT2D eigenvalue weighted by atomic mass is 32.1. The molecule has 0 fully saturated rings. The zero-order valence-electron chi connectivity index (χ0n) is 14.4. The molecule has 0 aliphatic heterocycles. The molecule has 0 spiro atoms. The van der Waals surface area contributed by atoms with Gasteiger partial charge < -0.3 is 4.74 Å². The lowest BCUT2D eigenvalue weighted by Gasteiger charge is -2.13. The van der Waals surface area contributed by atoms with Gasteiger partial charge in [-0.2, -0.15) is 0 Å². The van der Waals surface area contributed by atoms with Gasteiger partial charge in [-0.1, -0.05) is 41.7 Å². The van der Waals surface area contributed by atoms with Gasteiger partial charge in [-0.3, -0.25) is 10.1 Å². The minimum absolute atomic E-state index is 0.219. The minimum Gasteiger partial charge on any atom is -0.481 e. The molecule has 1 amide bonds. The highest BCUT2D eigenvalue weighted by Gasteiger charge is 2.20. The van der Waals surface area contributed by atoms with Crippen LogP contribution in [0.4, 0.5) is 5.13 Å². The zero-order chi connectivity index (χ0) is 18.6. The van der Waals surface area contributed by atoms with Crippen LogP contribution in [0.3, 0.4) is 0 Å². The number of hydrogen-bond acceptors (Lipinski definition) is 6. The number of thiazole rings is 1. The molecular weight excluding hydrogens is 396 g/mol. The summed E-state index contributed by atoms with van der Waals surface area (Å²) in [6, 6.07) is 17.5. The van der Waals surface area contributed by atoms with Crippen molar-refractivity contribution in [2.45, 2.75) is 13.0 Å². The normalized spacial score (nSPS) is 11.9. The predicted octanol–water partition coefficient (Wildman–Crippen LogP) is 6.01. The molecule has 136 valence electrons. The summed E-state index contributed by atoms with van der Waals surface area (Å²) in [5.41, 5.74) is 0.907. The number of carbonyl (C=O) groups is 1. The fourth-order valence-electron chi connectivity index (χ4n) is 2.49. The summed E-state index contributed by atoms with van der Waals surface area (Å²) in [7, 11) is 0. The number of nitrogens with one attached hydrogen (secondary N) is 1. The van der Waals surface area contributed by atoms with E-state index in [9.17, 15) is 4.79 Å². The molecule has 1 aromatic carbocycles. The molecule has 27 heavy (non-hydrogen) atoms. The van der Waals surface area contributed by atoms with Crippen molar-refractivity contribution in [3.05, 3.63) is 65.4 Å². The Labute approximate surface area is 169 Å². The lowest BCUT2D eigenvalue weighted by molar-refractivity contribution is -0.122. The molecule has 0 saturated heterocycles. The first-order valence-corrected chi connectivity index (χ1v) is 10.9. The molecule has 1 unspecified atom stereocenters. The highest BCUT2D eigenvalue weighted by Crippen LogP contribution is 2.42. The summed E-state index contributed by atoms with van der Waals surface area (Å²) in [5.74, 6) is 0.445. The maximum Gasteiger partial charge on any atom is 0.266 e. The zero-order valence-corrected chi connectivity index (χ0v) is 16.9. The fourth-order valence-corrected chi connectivity index (χ4v) is 5.11. The smallest absolute Gasteiger partial charge is 0.266 e. The van der Waals surface area contributed by atoms with Crippen molar-refractivity contribution < 1.29 is 9.53 Å². The maximum atomic E-state index is 12.5. The van der Waals surface area contributed by atoms with Crippen molar-refractivity contribution in [3.63, 3.8) is 0 Å². The SMILES string of the molecule is CC(Oc1ccccc1)C(=O)Nc1nc(-c2cccs2)c(-c2cccs2)s1. The number of carbonyl (C=O) groups excluding carboxylic acids is 1. The summed E-state index contributed by atoms with van der Waals surface area (Å²) in [6.45, 7) is 1.73. The van der Waals surface area contributed by atoms with Crippen LogP contribution in [-0.4, -0.2) is 17.0 Å². The van der Waals surface area contributed by atoms with Gasteiger partial charge in [0.25, 0.3) is 5.91 Å². The van der Waals surface area contributed by atoms with E-state index in [2.05, 4.69) is 16.4 Å². The molecule has 1 atom stereocenters. The van der Waals surface area contributed by atoms with Crippen LogP contribution in [0.25, 0.3) is 20.3 Å². The van der Waals surface area contributed by atoms with Crippen LogP contribution < -0.4 is 10.1 Å². The molecule has 7 heteroatoms. The van der Waals surface area contributed by atoms with Crippen molar-refractivity contribution in [1.29, 1.82) is 0 Å². The van der Waals surface area contributed by atoms with Crippen molar-refractivity contribution >= 4 is 45.0 Å². The third-order valence-electron chi connectivity index (χ3n) is 3.78. The second-order valence-electron chi connectivity index (χ2n) is 5.71. The van der Waals surface area contributed by atoms with Crippen LogP contribution in [0.5, 0.6) is 5.75 Å². The predicted molar refractivity (Wildman–Crippen MR) is 114 cm³/mol. The van der Waals surface area contributed by atoms with E-state index in [4.69, 9.17) is 4.74 Å². The van der Waals surface area contributed by atoms with Crippen molar-refractivity contribution in [1.82, 2.24) is 4.98 Å². The van der Waals surface area contributed by atoms with E-state index in [1.807, 2.05) is 59.3 Å². The Morgan fingerprint density at radius 2 is 1.70 bits per heavy atom. The summed E-state index contributed by atoms with van der Waals surface area (Å²) in [4.78, 5) is 20.5. The van der Waals surface area contributed by atoms with Gasteiger partial charge in [-0.25, -0.2) is 4.98 Å². The number of hydrogen-bond donors (Lipinski definition) is 1. The summed E-state index contributed by atoms with van der Waals surface area (Å²) >= 11 is 4.79. The first kappa shape index (κ1) is 17.9. The standard InChI is InChI=1S/C20H16N2O2S3/c1-13(24-14-7-3-2-4-8-14)19(23)22-20-21-17(15-9-5-11-25-15)18(27-20)16-10-6-12-26-16/h2-13H,1H3,(H,21,22,23). The number of rotatable bonds is 6. The number of para-hydroxylation sites is 1. The van der Waals surface area contributed by atoms with Gasteiger partial charge in [0.15, 0.2) is 11.2 Å². The lowest BCUT2D eigenvalue weighted by Crippen LogP contribution is -2.30. The molecule has 0 aliphatic carbocycles. The molecule has 0 bridgehead atoms. The highest BCUT2D eigenvalue weighted by molar-refractivity contribution is 7.24. The molecule has 0 saturated carbocycles. The van der Waals surface area contributed by atoms with Gasteiger partial charge in [0.2, 0.25) is 0 Å². The second kappa shape index (κ2) is 8.04. The Hall–Kier alpha value is -2.48. The van der Waals surface area contributed by atoms with Crippen LogP contribution in [-0.2, 0) is 4.79 Å². The molecule has 4 aromatic rings. The Kier molecular flexibility index (Phi) is 5.33. The van der Waals surface area contributed by atoms with Crippen molar-refractivity contribution in [2.75, 3.05) is 5.32 Å². The number of nitrogens with zero attached hydrogens (tertiary/aromatic N) is 1. The molecule has 4 rings (SSSR count). The lowest BCUT2D eigenvalue weighted by atomic mass is 10.3. The Morgan fingerprint density at radius 3 is 2.37 bits per heavy atom. The quantitative estimate of drug-likeness (QED) is 0.422. The number of thiophene rings is 2. The van der Waals surface area contributed by atoms with E-state index in [-0.39, 0.29) is 5.91 Å². The molecule has 4 nitrogen and oxygen atoms in total. The molecular formula is C20H16N2O2S3. The van der Waals surface area contributed by atoms with Crippen LogP contribution in [0.2, 0.25) is 0 Å². The maximum absolute atomic E-state index is 12.5. The van der Waals surface area contributed by atoms with Gasteiger partial charge in [-0.15, -0.1) is 22.7 Å². The third kappa shape index (κ3) is 4.10. The fraction of sp³-hybridized carbons (Fsp3) is 0.100. The summed E-state index contributed by atoms with van der Waals surface area (Å²) in [6.07, 6.45) is -0.619. The summed E-state index contributed by atoms with van der Waals surface area (Å²) < 4.78 is 5.70. The van der Waals surface area contributed by atoms with E-state index in [0.717, 1.165) is 20.3 Å². The topological polar surface area (TPSA) is 51.2 Å². The number of amides is 1. The average Bonchev–Trinajstić information content (AvgIpc) is 3.43. The Morgan fingerprint density at radius 1 is 1.00 bits per heavy atom. The van der Waals surface area contributed by atoms with Crippen molar-refractivity contribution in [3.8, 4) is 26.1 Å². The van der Waals surface area contributed by atoms with Crippen LogP contribution in [0.1, 0.15) is 6.92 Å². The van der Waals surface area contributed by atoms with E-state index in [0.29, 0.717) is 10.9 Å². The number of benzene rings is 1. The minimum atomic E-state index is -0.619. The molecule has 0 aliphatic rings. The van der Waals surface area contributed by atoms with Gasteiger partial charge >= 0.3 is 0 Å². The Bertz CT molecular complexity index is 957. The van der Waals surface area contributed by atoms with Crippen molar-refractivity contribution in [2.24, 2.45) is 0 Å². The number of anilines is 1. The van der Waals surface area contributed by atoms with Gasteiger partial charge in [-0.05, 0) is 41.9 Å². The number of aromatic nitrogens is 1. The first-order chi connectivity index (χ1) is 13.2.